The van der Waals surface area contributed by atoms with Crippen LogP contribution in [0.4, 0.5) is 0 Å². The highest BCUT2D eigenvalue weighted by Gasteiger charge is 2.15. The van der Waals surface area contributed by atoms with Crippen LogP contribution in [0.2, 0.25) is 0 Å². The van der Waals surface area contributed by atoms with Gasteiger partial charge in [0.25, 0.3) is 0 Å². The molecule has 13 heavy (non-hydrogen) atoms. The molecule has 2 nitrogen and oxygen atoms in total. The second-order valence-electron chi connectivity index (χ2n) is 2.96. The van der Waals surface area contributed by atoms with Gasteiger partial charge in [0.05, 0.1) is 5.56 Å². The van der Waals surface area contributed by atoms with Gasteiger partial charge in [-0.15, -0.1) is 0 Å². The first-order valence-electron chi connectivity index (χ1n) is 4.26. The molecular formula is C10H10O2S. The van der Waals surface area contributed by atoms with Crippen LogP contribution in [0.1, 0.15) is 23.2 Å². The van der Waals surface area contributed by atoms with Gasteiger partial charge < -0.3 is 4.74 Å². The van der Waals surface area contributed by atoms with Gasteiger partial charge in [0.2, 0.25) is 0 Å². The number of rotatable bonds is 2. The maximum atomic E-state index is 11.4. The number of ether oxygens (including phenoxy) is 1. The van der Waals surface area contributed by atoms with Crippen molar-refractivity contribution in [3.8, 4) is 0 Å². The molecule has 0 bridgehead atoms. The Morgan fingerprint density at radius 1 is 1.62 bits per heavy atom. The van der Waals surface area contributed by atoms with Crippen LogP contribution in [0.25, 0.3) is 0 Å². The Morgan fingerprint density at radius 2 is 2.54 bits per heavy atom. The SMILES string of the molecule is O=C(OC1C=CCC1)c1ccsc1. The van der Waals surface area contributed by atoms with Crippen LogP contribution in [0.3, 0.4) is 0 Å². The molecule has 0 radical (unpaired) electrons. The Balaban J connectivity index is 1.95. The predicted octanol–water partition coefficient (Wildman–Crippen LogP) is 2.62. The molecule has 0 saturated carbocycles. The molecule has 0 saturated heterocycles. The van der Waals surface area contributed by atoms with Gasteiger partial charge in [0.1, 0.15) is 6.10 Å². The van der Waals surface area contributed by atoms with E-state index >= 15 is 0 Å². The van der Waals surface area contributed by atoms with Crippen LogP contribution in [0, 0.1) is 0 Å². The Kier molecular flexibility index (Phi) is 2.45. The minimum Gasteiger partial charge on any atom is -0.455 e. The number of thiophene rings is 1. The lowest BCUT2D eigenvalue weighted by atomic mass is 10.3. The van der Waals surface area contributed by atoms with Gasteiger partial charge in [0, 0.05) is 5.38 Å². The summed E-state index contributed by atoms with van der Waals surface area (Å²) in [6.45, 7) is 0. The van der Waals surface area contributed by atoms with Gasteiger partial charge >= 0.3 is 5.97 Å². The van der Waals surface area contributed by atoms with Gasteiger partial charge in [-0.25, -0.2) is 4.79 Å². The van der Waals surface area contributed by atoms with Crippen molar-refractivity contribution in [3.05, 3.63) is 34.5 Å². The molecule has 0 spiro atoms. The minimum absolute atomic E-state index is 0.00704. The maximum Gasteiger partial charge on any atom is 0.339 e. The molecule has 0 fully saturated rings. The fourth-order valence-corrected chi connectivity index (χ4v) is 1.91. The Bertz CT molecular complexity index is 314. The van der Waals surface area contributed by atoms with Gasteiger partial charge in [-0.1, -0.05) is 6.08 Å². The number of hydrogen-bond acceptors (Lipinski definition) is 3. The van der Waals surface area contributed by atoms with Crippen LogP contribution in [0.5, 0.6) is 0 Å². The highest BCUT2D eigenvalue weighted by atomic mass is 32.1. The van der Waals surface area contributed by atoms with Gasteiger partial charge in [0.15, 0.2) is 0 Å². The average molecular weight is 194 g/mol. The first-order chi connectivity index (χ1) is 6.36. The van der Waals surface area contributed by atoms with E-state index in [0.717, 1.165) is 12.8 Å². The molecule has 1 aliphatic carbocycles. The average Bonchev–Trinajstić information content (AvgIpc) is 2.74. The number of hydrogen-bond donors (Lipinski definition) is 0. The molecule has 1 aliphatic rings. The van der Waals surface area contributed by atoms with Crippen molar-refractivity contribution >= 4 is 17.3 Å². The van der Waals surface area contributed by atoms with Crippen LogP contribution < -0.4 is 0 Å². The molecule has 0 amide bonds. The Hall–Kier alpha value is -1.09. The van der Waals surface area contributed by atoms with Crippen LogP contribution >= 0.6 is 11.3 Å². The summed E-state index contributed by atoms with van der Waals surface area (Å²) in [5.74, 6) is -0.210. The van der Waals surface area contributed by atoms with E-state index in [0.29, 0.717) is 5.56 Å². The quantitative estimate of drug-likeness (QED) is 0.534. The minimum atomic E-state index is -0.210. The molecule has 2 rings (SSSR count). The van der Waals surface area contributed by atoms with Crippen molar-refractivity contribution < 1.29 is 9.53 Å². The molecule has 1 aromatic rings. The van der Waals surface area contributed by atoms with Crippen molar-refractivity contribution in [3.63, 3.8) is 0 Å². The Morgan fingerprint density at radius 3 is 3.15 bits per heavy atom. The zero-order valence-electron chi connectivity index (χ0n) is 7.10. The normalized spacial score (nSPS) is 20.5. The van der Waals surface area contributed by atoms with Crippen molar-refractivity contribution in [2.45, 2.75) is 18.9 Å². The topological polar surface area (TPSA) is 26.3 Å². The van der Waals surface area contributed by atoms with E-state index in [1.165, 1.54) is 11.3 Å². The molecule has 1 unspecified atom stereocenters. The molecular weight excluding hydrogens is 184 g/mol. The molecule has 68 valence electrons. The molecule has 1 heterocycles. The third kappa shape index (κ3) is 1.98. The van der Waals surface area contributed by atoms with Gasteiger partial charge in [-0.2, -0.15) is 11.3 Å². The van der Waals surface area contributed by atoms with E-state index in [2.05, 4.69) is 0 Å². The predicted molar refractivity (Wildman–Crippen MR) is 51.9 cm³/mol. The molecule has 3 heteroatoms. The lowest BCUT2D eigenvalue weighted by molar-refractivity contribution is 0.0396. The second kappa shape index (κ2) is 3.75. The summed E-state index contributed by atoms with van der Waals surface area (Å²) in [5.41, 5.74) is 0.658. The third-order valence-corrected chi connectivity index (χ3v) is 2.67. The lowest BCUT2D eigenvalue weighted by Crippen LogP contribution is -2.13. The lowest BCUT2D eigenvalue weighted by Gasteiger charge is -2.08. The Labute approximate surface area is 80.8 Å². The van der Waals surface area contributed by atoms with E-state index in [4.69, 9.17) is 4.74 Å². The van der Waals surface area contributed by atoms with Gasteiger partial charge in [-0.05, 0) is 30.4 Å². The first kappa shape index (κ1) is 8.51. The molecule has 0 aromatic carbocycles. The van der Waals surface area contributed by atoms with Crippen LogP contribution in [-0.2, 0) is 4.74 Å². The van der Waals surface area contributed by atoms with Crippen molar-refractivity contribution in [1.29, 1.82) is 0 Å². The van der Waals surface area contributed by atoms with E-state index in [9.17, 15) is 4.79 Å². The van der Waals surface area contributed by atoms with Crippen LogP contribution in [0.15, 0.2) is 29.0 Å². The zero-order valence-corrected chi connectivity index (χ0v) is 7.92. The zero-order chi connectivity index (χ0) is 9.10. The monoisotopic (exact) mass is 194 g/mol. The second-order valence-corrected chi connectivity index (χ2v) is 3.74. The van der Waals surface area contributed by atoms with Gasteiger partial charge in [-0.3, -0.25) is 0 Å². The smallest absolute Gasteiger partial charge is 0.339 e. The maximum absolute atomic E-state index is 11.4. The van der Waals surface area contributed by atoms with Crippen molar-refractivity contribution in [1.82, 2.24) is 0 Å². The molecule has 1 atom stereocenters. The fraction of sp³-hybridized carbons (Fsp3) is 0.300. The highest BCUT2D eigenvalue weighted by Crippen LogP contribution is 2.16. The highest BCUT2D eigenvalue weighted by molar-refractivity contribution is 7.08. The third-order valence-electron chi connectivity index (χ3n) is 1.98. The first-order valence-corrected chi connectivity index (χ1v) is 5.20. The number of carbonyl (C=O) groups excluding carboxylic acids is 1. The number of esters is 1. The van der Waals surface area contributed by atoms with E-state index in [1.54, 1.807) is 11.4 Å². The van der Waals surface area contributed by atoms with Crippen molar-refractivity contribution in [2.24, 2.45) is 0 Å². The summed E-state index contributed by atoms with van der Waals surface area (Å²) in [5, 5.41) is 3.68. The summed E-state index contributed by atoms with van der Waals surface area (Å²) in [6.07, 6.45) is 5.93. The van der Waals surface area contributed by atoms with E-state index < -0.39 is 0 Å². The fourth-order valence-electron chi connectivity index (χ4n) is 1.29. The summed E-state index contributed by atoms with van der Waals surface area (Å²) >= 11 is 1.51. The molecule has 1 aromatic heterocycles. The summed E-state index contributed by atoms with van der Waals surface area (Å²) in [7, 11) is 0. The summed E-state index contributed by atoms with van der Waals surface area (Å²) in [4.78, 5) is 11.4. The van der Waals surface area contributed by atoms with E-state index in [-0.39, 0.29) is 12.1 Å². The molecule has 0 N–H and O–H groups in total. The van der Waals surface area contributed by atoms with Crippen molar-refractivity contribution in [2.75, 3.05) is 0 Å². The molecule has 0 aliphatic heterocycles. The largest absolute Gasteiger partial charge is 0.455 e. The summed E-state index contributed by atoms with van der Waals surface area (Å²) < 4.78 is 5.24. The summed E-state index contributed by atoms with van der Waals surface area (Å²) in [6, 6.07) is 1.78. The van der Waals surface area contributed by atoms with E-state index in [1.807, 2.05) is 17.5 Å². The number of allylic oxidation sites excluding steroid dienone is 1. The standard InChI is InChI=1S/C10H10O2S/c11-10(8-5-6-13-7-8)12-9-3-1-2-4-9/h1,3,5-7,9H,2,4H2. The number of carbonyl (C=O) groups is 1. The van der Waals surface area contributed by atoms with Crippen LogP contribution in [-0.4, -0.2) is 12.1 Å².